The molecule has 2 N–H and O–H groups in total. The zero-order valence-corrected chi connectivity index (χ0v) is 12.2. The maximum atomic E-state index is 12.7. The van der Waals surface area contributed by atoms with Crippen LogP contribution in [0.3, 0.4) is 0 Å². The number of nitrogens with one attached hydrogen (secondary N) is 2. The summed E-state index contributed by atoms with van der Waals surface area (Å²) in [7, 11) is 0. The van der Waals surface area contributed by atoms with Gasteiger partial charge in [0, 0.05) is 24.2 Å². The van der Waals surface area contributed by atoms with Gasteiger partial charge in [-0.2, -0.15) is 26.3 Å². The van der Waals surface area contributed by atoms with Crippen molar-refractivity contribution in [3.63, 3.8) is 0 Å². The number of anilines is 1. The molecule has 0 unspecified atom stereocenters. The summed E-state index contributed by atoms with van der Waals surface area (Å²) < 4.78 is 75.7. The molecule has 25 heavy (non-hydrogen) atoms. The predicted molar refractivity (Wildman–Crippen MR) is 75.5 cm³/mol. The molecule has 3 aromatic rings. The molecule has 0 radical (unpaired) electrons. The normalized spacial score (nSPS) is 12.6. The van der Waals surface area contributed by atoms with Crippen molar-refractivity contribution >= 4 is 16.9 Å². The molecule has 5 nitrogen and oxygen atoms in total. The van der Waals surface area contributed by atoms with Gasteiger partial charge in [-0.3, -0.25) is 0 Å². The minimum Gasteiger partial charge on any atom is -0.366 e. The molecule has 11 heteroatoms. The van der Waals surface area contributed by atoms with E-state index in [0.29, 0.717) is 5.56 Å². The molecule has 0 spiro atoms. The summed E-state index contributed by atoms with van der Waals surface area (Å²) in [4.78, 5) is 12.8. The maximum Gasteiger partial charge on any atom is 0.433 e. The first-order chi connectivity index (χ1) is 11.6. The van der Waals surface area contributed by atoms with Gasteiger partial charge in [-0.25, -0.2) is 15.0 Å². The van der Waals surface area contributed by atoms with Crippen LogP contribution in [-0.4, -0.2) is 19.9 Å². The largest absolute Gasteiger partial charge is 0.433 e. The molecule has 0 fully saturated rings. The van der Waals surface area contributed by atoms with E-state index >= 15 is 0 Å². The molecule has 0 saturated heterocycles. The number of pyridine rings is 1. The first-order valence-electron chi connectivity index (χ1n) is 6.81. The first-order valence-corrected chi connectivity index (χ1v) is 6.81. The van der Waals surface area contributed by atoms with Gasteiger partial charge >= 0.3 is 12.4 Å². The average Bonchev–Trinajstić information content (AvgIpc) is 2.96. The van der Waals surface area contributed by atoms with E-state index in [1.165, 1.54) is 12.3 Å². The van der Waals surface area contributed by atoms with Crippen molar-refractivity contribution < 1.29 is 26.3 Å². The van der Waals surface area contributed by atoms with Crippen LogP contribution in [0.4, 0.5) is 32.2 Å². The van der Waals surface area contributed by atoms with E-state index in [-0.39, 0.29) is 23.4 Å². The second-order valence-electron chi connectivity index (χ2n) is 5.10. The van der Waals surface area contributed by atoms with Crippen LogP contribution in [0.15, 0.2) is 30.7 Å². The van der Waals surface area contributed by atoms with Crippen LogP contribution < -0.4 is 5.32 Å². The van der Waals surface area contributed by atoms with Crippen molar-refractivity contribution in [2.24, 2.45) is 0 Å². The van der Waals surface area contributed by atoms with E-state index in [1.807, 2.05) is 0 Å². The van der Waals surface area contributed by atoms with E-state index in [1.54, 1.807) is 0 Å². The molecule has 0 aliphatic rings. The molecule has 3 rings (SSSR count). The number of H-pyrrole nitrogens is 1. The van der Waals surface area contributed by atoms with Crippen LogP contribution in [0.5, 0.6) is 0 Å². The second-order valence-corrected chi connectivity index (χ2v) is 5.10. The summed E-state index contributed by atoms with van der Waals surface area (Å²) in [5.41, 5.74) is -1.48. The Hall–Kier alpha value is -2.85. The predicted octanol–water partition coefficient (Wildman–Crippen LogP) is 4.00. The highest BCUT2D eigenvalue weighted by Gasteiger charge is 2.33. The molecular formula is C14H9F6N5. The Balaban J connectivity index is 1.77. The fourth-order valence-electron chi connectivity index (χ4n) is 2.11. The molecule has 0 aliphatic carbocycles. The molecular weight excluding hydrogens is 352 g/mol. The monoisotopic (exact) mass is 361 g/mol. The number of hydrogen-bond acceptors (Lipinski definition) is 4. The Morgan fingerprint density at radius 3 is 2.36 bits per heavy atom. The highest BCUT2D eigenvalue weighted by Crippen LogP contribution is 2.31. The molecule has 0 aromatic carbocycles. The Labute approximate surface area is 136 Å². The van der Waals surface area contributed by atoms with Crippen molar-refractivity contribution in [3.05, 3.63) is 47.7 Å². The third-order valence-corrected chi connectivity index (χ3v) is 3.26. The number of aromatic amines is 1. The lowest BCUT2D eigenvalue weighted by atomic mass is 10.2. The van der Waals surface area contributed by atoms with Crippen molar-refractivity contribution in [2.45, 2.75) is 18.9 Å². The van der Waals surface area contributed by atoms with Crippen LogP contribution >= 0.6 is 0 Å². The number of halogens is 6. The zero-order chi connectivity index (χ0) is 18.2. The van der Waals surface area contributed by atoms with Gasteiger partial charge in [-0.15, -0.1) is 0 Å². The molecule has 0 atom stereocenters. The van der Waals surface area contributed by atoms with Crippen LogP contribution in [0.1, 0.15) is 17.0 Å². The Morgan fingerprint density at radius 1 is 0.920 bits per heavy atom. The van der Waals surface area contributed by atoms with Gasteiger partial charge < -0.3 is 10.3 Å². The Kier molecular flexibility index (Phi) is 4.01. The second kappa shape index (κ2) is 5.90. The van der Waals surface area contributed by atoms with Crippen LogP contribution in [0, 0.1) is 0 Å². The molecule has 3 heterocycles. The third kappa shape index (κ3) is 3.80. The number of hydrogen-bond donors (Lipinski definition) is 2. The lowest BCUT2D eigenvalue weighted by Crippen LogP contribution is -2.10. The van der Waals surface area contributed by atoms with Gasteiger partial charge in [0.15, 0.2) is 0 Å². The third-order valence-electron chi connectivity index (χ3n) is 3.26. The summed E-state index contributed by atoms with van der Waals surface area (Å²) in [5, 5.41) is 2.89. The smallest absolute Gasteiger partial charge is 0.366 e. The summed E-state index contributed by atoms with van der Waals surface area (Å²) in [5.74, 6) is -0.0625. The summed E-state index contributed by atoms with van der Waals surface area (Å²) in [6, 6.07) is 3.11. The van der Waals surface area contributed by atoms with Crippen LogP contribution in [-0.2, 0) is 18.9 Å². The molecule has 0 amide bonds. The van der Waals surface area contributed by atoms with Crippen molar-refractivity contribution in [2.75, 3.05) is 5.32 Å². The minimum atomic E-state index is -4.60. The molecule has 0 bridgehead atoms. The lowest BCUT2D eigenvalue weighted by molar-refractivity contribution is -0.141. The number of rotatable bonds is 3. The van der Waals surface area contributed by atoms with E-state index in [2.05, 4.69) is 25.3 Å². The highest BCUT2D eigenvalue weighted by atomic mass is 19.4. The standard InChI is InChI=1S/C14H9F6N5/c15-13(16,17)9-3-11(24-6-23-9)21-4-7-1-8-2-10(14(18,19)20)25-12(8)22-5-7/h1-3,5-6H,4H2,(H,22,25)(H,21,23,24). The number of aromatic nitrogens is 4. The summed E-state index contributed by atoms with van der Waals surface area (Å²) >= 11 is 0. The SMILES string of the molecule is FC(F)(F)c1cc(NCc2cnc3[nH]c(C(F)(F)F)cc3c2)ncn1. The quantitative estimate of drug-likeness (QED) is 0.692. The number of alkyl halides is 6. The Bertz CT molecular complexity index is 899. The number of nitrogens with zero attached hydrogens (tertiary/aromatic N) is 3. The fraction of sp³-hybridized carbons (Fsp3) is 0.214. The number of fused-ring (bicyclic) bond motifs is 1. The van der Waals surface area contributed by atoms with Gasteiger partial charge in [-0.05, 0) is 17.7 Å². The van der Waals surface area contributed by atoms with Gasteiger partial charge in [0.1, 0.15) is 29.2 Å². The minimum absolute atomic E-state index is 0.0315. The van der Waals surface area contributed by atoms with Gasteiger partial charge in [0.2, 0.25) is 0 Å². The van der Waals surface area contributed by atoms with Crippen LogP contribution in [0.2, 0.25) is 0 Å². The van der Waals surface area contributed by atoms with Crippen LogP contribution in [0.25, 0.3) is 11.0 Å². The van der Waals surface area contributed by atoms with Crippen molar-refractivity contribution in [1.82, 2.24) is 19.9 Å². The molecule has 3 aromatic heterocycles. The molecule has 132 valence electrons. The van der Waals surface area contributed by atoms with Gasteiger partial charge in [-0.1, -0.05) is 0 Å². The highest BCUT2D eigenvalue weighted by molar-refractivity contribution is 5.77. The van der Waals surface area contributed by atoms with E-state index in [4.69, 9.17) is 0 Å². The molecule has 0 saturated carbocycles. The fourth-order valence-corrected chi connectivity index (χ4v) is 2.11. The maximum absolute atomic E-state index is 12.7. The van der Waals surface area contributed by atoms with Crippen molar-refractivity contribution in [3.8, 4) is 0 Å². The summed E-state index contributed by atoms with van der Waals surface area (Å²) in [6.07, 6.45) is -7.03. The average molecular weight is 361 g/mol. The van der Waals surface area contributed by atoms with Gasteiger partial charge in [0.05, 0.1) is 0 Å². The van der Waals surface area contributed by atoms with E-state index in [0.717, 1.165) is 18.5 Å². The summed E-state index contributed by atoms with van der Waals surface area (Å²) in [6.45, 7) is 0.0315. The zero-order valence-electron chi connectivity index (χ0n) is 12.2. The van der Waals surface area contributed by atoms with Gasteiger partial charge in [0.25, 0.3) is 0 Å². The van der Waals surface area contributed by atoms with Crippen molar-refractivity contribution in [1.29, 1.82) is 0 Å². The van der Waals surface area contributed by atoms with E-state index < -0.39 is 23.7 Å². The van der Waals surface area contributed by atoms with E-state index in [9.17, 15) is 26.3 Å². The Morgan fingerprint density at radius 2 is 1.68 bits per heavy atom. The first kappa shape index (κ1) is 17.0. The molecule has 0 aliphatic heterocycles. The lowest BCUT2D eigenvalue weighted by Gasteiger charge is -2.08. The topological polar surface area (TPSA) is 66.5 Å².